The zero-order valence-electron chi connectivity index (χ0n) is 34.1. The van der Waals surface area contributed by atoms with Gasteiger partial charge in [0.1, 0.15) is 11.8 Å². The molecular formula is C44H65FN6O3. The molecule has 1 aromatic carbocycles. The van der Waals surface area contributed by atoms with Gasteiger partial charge in [-0.05, 0) is 88.5 Å². The molecule has 0 aromatic heterocycles. The average Bonchev–Trinajstić information content (AvgIpc) is 3.40. The average molecular weight is 745 g/mol. The molecule has 0 radical (unpaired) electrons. The largest absolute Gasteiger partial charge is 0.353 e. The summed E-state index contributed by atoms with van der Waals surface area (Å²) in [6.07, 6.45) is 17.8. The van der Waals surface area contributed by atoms with Crippen LogP contribution in [0.25, 0.3) is 5.57 Å². The molecule has 296 valence electrons. The van der Waals surface area contributed by atoms with Gasteiger partial charge in [-0.2, -0.15) is 0 Å². The molecule has 1 saturated carbocycles. The first kappa shape index (κ1) is 44.2. The van der Waals surface area contributed by atoms with E-state index in [0.717, 1.165) is 37.4 Å². The third-order valence-electron chi connectivity index (χ3n) is 11.0. The second kappa shape index (κ2) is 22.3. The van der Waals surface area contributed by atoms with Crippen LogP contribution in [-0.2, 0) is 16.1 Å². The number of amides is 4. The SMILES string of the molecule is C/C=C/N1C(=O)N(C2CCC(NC(=O)C(C)CC)CC2)C(=O)C2C=CC(C)=CN=C21.C=C/C(=C\C)c1ccc(CN2CCN(C(C)CC)CC2)cc1.CF. The second-order valence-corrected chi connectivity index (χ2v) is 14.6. The summed E-state index contributed by atoms with van der Waals surface area (Å²) >= 11 is 0. The van der Waals surface area contributed by atoms with Crippen LogP contribution >= 0.6 is 0 Å². The first-order valence-corrected chi connectivity index (χ1v) is 19.8. The van der Waals surface area contributed by atoms with Gasteiger partial charge >= 0.3 is 6.03 Å². The first-order valence-electron chi connectivity index (χ1n) is 19.8. The number of rotatable bonds is 11. The van der Waals surface area contributed by atoms with Crippen LogP contribution < -0.4 is 5.32 Å². The van der Waals surface area contributed by atoms with Gasteiger partial charge in [0.15, 0.2) is 0 Å². The van der Waals surface area contributed by atoms with Crippen LogP contribution in [0, 0.1) is 11.8 Å². The van der Waals surface area contributed by atoms with E-state index >= 15 is 0 Å². The molecule has 5 rings (SSSR count). The number of halogens is 1. The highest BCUT2D eigenvalue weighted by atomic mass is 19.1. The normalized spacial score (nSPS) is 23.5. The third kappa shape index (κ3) is 11.7. The summed E-state index contributed by atoms with van der Waals surface area (Å²) in [5, 5.41) is 3.12. The van der Waals surface area contributed by atoms with Crippen LogP contribution in [0.2, 0.25) is 0 Å². The van der Waals surface area contributed by atoms with Crippen molar-refractivity contribution in [1.29, 1.82) is 0 Å². The van der Waals surface area contributed by atoms with Crippen LogP contribution in [-0.4, -0.2) is 94.8 Å². The number of allylic oxidation sites excluding steroid dienone is 6. The second-order valence-electron chi connectivity index (χ2n) is 14.6. The highest BCUT2D eigenvalue weighted by Gasteiger charge is 2.46. The van der Waals surface area contributed by atoms with Gasteiger partial charge in [-0.1, -0.05) is 82.0 Å². The van der Waals surface area contributed by atoms with Gasteiger partial charge in [0.05, 0.1) is 7.18 Å². The number of carbonyl (C=O) groups is 3. The van der Waals surface area contributed by atoms with E-state index in [2.05, 4.69) is 77.8 Å². The van der Waals surface area contributed by atoms with Crippen LogP contribution in [0.1, 0.15) is 98.1 Å². The number of benzene rings is 1. The molecule has 2 saturated heterocycles. The first-order chi connectivity index (χ1) is 26.0. The maximum Gasteiger partial charge on any atom is 0.336 e. The summed E-state index contributed by atoms with van der Waals surface area (Å²) in [6.45, 7) is 24.1. The fourth-order valence-electron chi connectivity index (χ4n) is 7.20. The van der Waals surface area contributed by atoms with Gasteiger partial charge in [-0.3, -0.25) is 33.6 Å². The molecule has 3 fully saturated rings. The predicted octanol–water partition coefficient (Wildman–Crippen LogP) is 8.52. The molecule has 0 spiro atoms. The molecule has 3 unspecified atom stereocenters. The lowest BCUT2D eigenvalue weighted by molar-refractivity contribution is -0.133. The number of imide groups is 1. The quantitative estimate of drug-likeness (QED) is 0.230. The Balaban J connectivity index is 0.000000290. The summed E-state index contributed by atoms with van der Waals surface area (Å²) in [6, 6.07) is 9.24. The van der Waals surface area contributed by atoms with Gasteiger partial charge in [0, 0.05) is 69.2 Å². The standard InChI is InChI=1S/C23H32N4O3.C20H30N2.CH3F/c1-5-13-26-20-19(12-7-15(3)14-24-20)22(29)27(23(26)30)18-10-8-17(9-11-18)25-21(28)16(4)6-2;1-5-17(4)22-14-12-21(13-15-22)16-18-8-10-20(11-9-18)19(6-2)7-3;1-2/h5,7,12-14,16-19H,6,8-11H2,1-4H3,(H,25,28);6-11,17H,2,5,12-16H2,1,3-4H3;1H3/b13-5+;19-7+;. The number of nitrogens with zero attached hydrogens (tertiary/aromatic N) is 5. The number of nitrogens with one attached hydrogen (secondary N) is 1. The van der Waals surface area contributed by atoms with E-state index in [4.69, 9.17) is 0 Å². The molecule has 3 aliphatic heterocycles. The highest BCUT2D eigenvalue weighted by molar-refractivity contribution is 6.20. The van der Waals surface area contributed by atoms with Crippen molar-refractivity contribution in [3.8, 4) is 0 Å². The molecule has 1 N–H and O–H groups in total. The monoisotopic (exact) mass is 745 g/mol. The molecule has 10 heteroatoms. The zero-order valence-corrected chi connectivity index (χ0v) is 34.1. The van der Waals surface area contributed by atoms with Crippen molar-refractivity contribution in [3.05, 3.63) is 90.3 Å². The van der Waals surface area contributed by atoms with Crippen LogP contribution in [0.15, 0.2) is 84.2 Å². The number of hydrogen-bond donors (Lipinski definition) is 1. The van der Waals surface area contributed by atoms with Crippen molar-refractivity contribution in [2.75, 3.05) is 33.4 Å². The van der Waals surface area contributed by atoms with Crippen molar-refractivity contribution < 1.29 is 18.8 Å². The van der Waals surface area contributed by atoms with Crippen LogP contribution in [0.4, 0.5) is 9.18 Å². The number of urea groups is 1. The summed E-state index contributed by atoms with van der Waals surface area (Å²) in [7, 11) is 0.500. The molecular weight excluding hydrogens is 680 g/mol. The number of carbonyl (C=O) groups excluding carboxylic acids is 3. The topological polar surface area (TPSA) is 88.6 Å². The Bertz CT molecular complexity index is 1550. The fraction of sp³-hybridized carbons (Fsp3) is 0.545. The third-order valence-corrected chi connectivity index (χ3v) is 11.0. The van der Waals surface area contributed by atoms with Gasteiger partial charge in [0.25, 0.3) is 0 Å². The molecule has 3 atom stereocenters. The Morgan fingerprint density at radius 3 is 2.20 bits per heavy atom. The highest BCUT2D eigenvalue weighted by Crippen LogP contribution is 2.31. The fourth-order valence-corrected chi connectivity index (χ4v) is 7.20. The Morgan fingerprint density at radius 2 is 1.65 bits per heavy atom. The van der Waals surface area contributed by atoms with E-state index in [1.807, 2.05) is 45.9 Å². The Labute approximate surface area is 324 Å². The molecule has 0 bridgehead atoms. The molecule has 4 amide bonds. The maximum atomic E-state index is 13.3. The lowest BCUT2D eigenvalue weighted by atomic mass is 9.88. The van der Waals surface area contributed by atoms with Gasteiger partial charge in [-0.25, -0.2) is 9.79 Å². The number of aliphatic imine (C=N–C) groups is 1. The number of amidine groups is 1. The van der Waals surface area contributed by atoms with E-state index < -0.39 is 5.92 Å². The number of piperazine rings is 1. The number of hydrogen-bond acceptors (Lipinski definition) is 6. The lowest BCUT2D eigenvalue weighted by Gasteiger charge is -2.42. The van der Waals surface area contributed by atoms with Gasteiger partial charge in [0.2, 0.25) is 11.8 Å². The Hall–Kier alpha value is -4.15. The minimum Gasteiger partial charge on any atom is -0.353 e. The van der Waals surface area contributed by atoms with Gasteiger partial charge in [-0.15, -0.1) is 0 Å². The van der Waals surface area contributed by atoms with Gasteiger partial charge < -0.3 is 5.32 Å². The van der Waals surface area contributed by atoms with E-state index in [1.165, 1.54) is 59.1 Å². The van der Waals surface area contributed by atoms with Crippen LogP contribution in [0.3, 0.4) is 0 Å². The summed E-state index contributed by atoms with van der Waals surface area (Å²) in [5.41, 5.74) is 4.79. The van der Waals surface area contributed by atoms with Crippen molar-refractivity contribution in [2.45, 2.75) is 112 Å². The van der Waals surface area contributed by atoms with Crippen molar-refractivity contribution in [2.24, 2.45) is 16.8 Å². The van der Waals surface area contributed by atoms with Crippen molar-refractivity contribution in [1.82, 2.24) is 24.9 Å². The summed E-state index contributed by atoms with van der Waals surface area (Å²) < 4.78 is 9.50. The molecule has 54 heavy (non-hydrogen) atoms. The van der Waals surface area contributed by atoms with Crippen LogP contribution in [0.5, 0.6) is 0 Å². The van der Waals surface area contributed by atoms with E-state index in [1.54, 1.807) is 18.5 Å². The Morgan fingerprint density at radius 1 is 1.00 bits per heavy atom. The molecule has 1 aromatic rings. The van der Waals surface area contributed by atoms with Crippen molar-refractivity contribution in [3.63, 3.8) is 0 Å². The minimum absolute atomic E-state index is 0.000777. The molecule has 9 nitrogen and oxygen atoms in total. The Kier molecular flexibility index (Phi) is 18.3. The summed E-state index contributed by atoms with van der Waals surface area (Å²) in [5.74, 6) is -0.264. The lowest BCUT2D eigenvalue weighted by Crippen LogP contribution is -2.61. The molecule has 1 aliphatic carbocycles. The summed E-state index contributed by atoms with van der Waals surface area (Å²) in [4.78, 5) is 51.2. The minimum atomic E-state index is -0.574. The van der Waals surface area contributed by atoms with E-state index in [0.29, 0.717) is 25.9 Å². The van der Waals surface area contributed by atoms with E-state index in [-0.39, 0.29) is 35.8 Å². The van der Waals surface area contributed by atoms with E-state index in [9.17, 15) is 18.8 Å². The van der Waals surface area contributed by atoms with Crippen molar-refractivity contribution >= 4 is 29.3 Å². The predicted molar refractivity (Wildman–Crippen MR) is 220 cm³/mol. The molecule has 3 heterocycles. The smallest absolute Gasteiger partial charge is 0.336 e. The maximum absolute atomic E-state index is 13.3. The molecule has 4 aliphatic rings. The number of alkyl halides is 1. The zero-order chi connectivity index (χ0) is 39.8. The number of fused-ring (bicyclic) bond motifs is 1.